The zero-order chi connectivity index (χ0) is 21.3. The van der Waals surface area contributed by atoms with E-state index in [-0.39, 0.29) is 26.4 Å². The standard InChI is InChI=1S/C18H31O9P/c1-5-9-13-24-26-28(21,27-25-14-10-6-2)16(18(20)23-12-8-4)15-17(19)22-11-7-3/h7-8,16H,3-6,9-15H2,1-2H3. The quantitative estimate of drug-likeness (QED) is 0.0812. The summed E-state index contributed by atoms with van der Waals surface area (Å²) in [7, 11) is -4.37. The van der Waals surface area contributed by atoms with Gasteiger partial charge in [0.05, 0.1) is 19.6 Å². The van der Waals surface area contributed by atoms with Gasteiger partial charge in [-0.15, -0.1) is 9.35 Å². The number of esters is 2. The largest absolute Gasteiger partial charge is 0.461 e. The number of hydrogen-bond acceptors (Lipinski definition) is 9. The molecule has 0 saturated carbocycles. The van der Waals surface area contributed by atoms with Crippen molar-refractivity contribution in [3.63, 3.8) is 0 Å². The highest BCUT2D eigenvalue weighted by molar-refractivity contribution is 7.55. The monoisotopic (exact) mass is 422 g/mol. The van der Waals surface area contributed by atoms with Crippen molar-refractivity contribution >= 4 is 19.5 Å². The average Bonchev–Trinajstić information content (AvgIpc) is 2.69. The molecule has 0 N–H and O–H groups in total. The highest BCUT2D eigenvalue weighted by Crippen LogP contribution is 2.55. The topological polar surface area (TPSA) is 107 Å². The molecule has 0 spiro atoms. The van der Waals surface area contributed by atoms with Crippen LogP contribution in [0.25, 0.3) is 0 Å². The molecule has 10 heteroatoms. The van der Waals surface area contributed by atoms with Gasteiger partial charge in [-0.1, -0.05) is 52.0 Å². The summed E-state index contributed by atoms with van der Waals surface area (Å²) in [6.07, 6.45) is 4.94. The van der Waals surface area contributed by atoms with E-state index in [0.717, 1.165) is 12.8 Å². The molecule has 0 heterocycles. The van der Waals surface area contributed by atoms with E-state index in [1.165, 1.54) is 12.2 Å². The van der Waals surface area contributed by atoms with Gasteiger partial charge in [0.2, 0.25) is 0 Å². The van der Waals surface area contributed by atoms with Crippen LogP contribution >= 0.6 is 7.60 Å². The highest BCUT2D eigenvalue weighted by Gasteiger charge is 2.47. The summed E-state index contributed by atoms with van der Waals surface area (Å²) in [5, 5.41) is 0. The van der Waals surface area contributed by atoms with E-state index in [4.69, 9.17) is 28.6 Å². The predicted molar refractivity (Wildman–Crippen MR) is 102 cm³/mol. The molecule has 0 aromatic rings. The molecular weight excluding hydrogens is 391 g/mol. The molecule has 0 fully saturated rings. The number of rotatable bonds is 18. The lowest BCUT2D eigenvalue weighted by Gasteiger charge is -2.22. The van der Waals surface area contributed by atoms with Crippen LogP contribution in [-0.4, -0.2) is 44.0 Å². The van der Waals surface area contributed by atoms with E-state index in [0.29, 0.717) is 12.8 Å². The average molecular weight is 422 g/mol. The molecule has 0 aliphatic heterocycles. The van der Waals surface area contributed by atoms with Gasteiger partial charge in [0, 0.05) is 0 Å². The Balaban J connectivity index is 5.37. The Labute approximate surface area is 166 Å². The smallest absolute Gasteiger partial charge is 0.398 e. The van der Waals surface area contributed by atoms with Crippen LogP contribution in [0.2, 0.25) is 0 Å². The Morgan fingerprint density at radius 1 is 0.929 bits per heavy atom. The van der Waals surface area contributed by atoms with Gasteiger partial charge in [-0.2, -0.15) is 0 Å². The van der Waals surface area contributed by atoms with Crippen LogP contribution in [0.3, 0.4) is 0 Å². The van der Waals surface area contributed by atoms with Crippen molar-refractivity contribution in [1.82, 2.24) is 0 Å². The Morgan fingerprint density at radius 2 is 1.43 bits per heavy atom. The molecule has 0 radical (unpaired) electrons. The second kappa shape index (κ2) is 16.4. The van der Waals surface area contributed by atoms with Crippen LogP contribution in [0.1, 0.15) is 46.0 Å². The summed E-state index contributed by atoms with van der Waals surface area (Å²) in [5.41, 5.74) is -1.63. The fourth-order valence-electron chi connectivity index (χ4n) is 1.67. The summed E-state index contributed by atoms with van der Waals surface area (Å²) in [6.45, 7) is 10.7. The van der Waals surface area contributed by atoms with Crippen LogP contribution < -0.4 is 0 Å². The Kier molecular flexibility index (Phi) is 15.6. The van der Waals surface area contributed by atoms with Gasteiger partial charge in [-0.05, 0) is 12.8 Å². The minimum Gasteiger partial charge on any atom is -0.461 e. The molecule has 0 rings (SSSR count). The number of unbranched alkanes of at least 4 members (excludes halogenated alkanes) is 2. The highest BCUT2D eigenvalue weighted by atomic mass is 31.2. The third kappa shape index (κ3) is 11.4. The first-order chi connectivity index (χ1) is 13.4. The fourth-order valence-corrected chi connectivity index (χ4v) is 3.06. The van der Waals surface area contributed by atoms with Crippen molar-refractivity contribution in [2.75, 3.05) is 26.4 Å². The molecule has 0 aliphatic carbocycles. The lowest BCUT2D eigenvalue weighted by Crippen LogP contribution is -2.29. The van der Waals surface area contributed by atoms with E-state index in [9.17, 15) is 14.2 Å². The number of carbonyl (C=O) groups is 2. The Morgan fingerprint density at radius 3 is 1.89 bits per heavy atom. The molecule has 1 atom stereocenters. The molecule has 0 bridgehead atoms. The van der Waals surface area contributed by atoms with E-state index < -0.39 is 31.6 Å². The summed E-state index contributed by atoms with van der Waals surface area (Å²) in [5.74, 6) is -1.80. The second-order valence-corrected chi connectivity index (χ2v) is 7.65. The predicted octanol–water partition coefficient (Wildman–Crippen LogP) is 3.89. The zero-order valence-electron chi connectivity index (χ0n) is 16.6. The molecule has 162 valence electrons. The lowest BCUT2D eigenvalue weighted by molar-refractivity contribution is -0.268. The Bertz CT molecular complexity index is 505. The zero-order valence-corrected chi connectivity index (χ0v) is 17.5. The van der Waals surface area contributed by atoms with Gasteiger partial charge in [0.25, 0.3) is 0 Å². The van der Waals surface area contributed by atoms with Crippen molar-refractivity contribution in [2.45, 2.75) is 51.6 Å². The molecule has 0 aliphatic rings. The molecule has 1 unspecified atom stereocenters. The van der Waals surface area contributed by atoms with Crippen LogP contribution in [0.15, 0.2) is 25.3 Å². The molecule has 0 saturated heterocycles. The first-order valence-corrected chi connectivity index (χ1v) is 10.8. The third-order valence-electron chi connectivity index (χ3n) is 3.20. The van der Waals surface area contributed by atoms with Gasteiger partial charge in [-0.3, -0.25) is 14.2 Å². The summed E-state index contributed by atoms with van der Waals surface area (Å²) >= 11 is 0. The SMILES string of the molecule is C=CCOC(=O)CC(C(=O)OCC=C)P(=O)(OOCCCC)OOCCCC. The van der Waals surface area contributed by atoms with E-state index in [2.05, 4.69) is 13.2 Å². The van der Waals surface area contributed by atoms with Crippen molar-refractivity contribution in [2.24, 2.45) is 0 Å². The molecule has 0 amide bonds. The molecule has 9 nitrogen and oxygen atoms in total. The van der Waals surface area contributed by atoms with Gasteiger partial charge in [-0.25, -0.2) is 9.78 Å². The van der Waals surface area contributed by atoms with Gasteiger partial charge < -0.3 is 9.47 Å². The second-order valence-electron chi connectivity index (χ2n) is 5.65. The maximum absolute atomic E-state index is 13.2. The van der Waals surface area contributed by atoms with Gasteiger partial charge >= 0.3 is 19.5 Å². The van der Waals surface area contributed by atoms with Crippen molar-refractivity contribution in [1.29, 1.82) is 0 Å². The fraction of sp³-hybridized carbons (Fsp3) is 0.667. The minimum absolute atomic E-state index is 0.0702. The lowest BCUT2D eigenvalue weighted by atomic mass is 10.3. The van der Waals surface area contributed by atoms with Crippen LogP contribution in [0, 0.1) is 0 Å². The van der Waals surface area contributed by atoms with Crippen LogP contribution in [-0.2, 0) is 42.8 Å². The molecule has 0 aromatic carbocycles. The first-order valence-electron chi connectivity index (χ1n) is 9.21. The van der Waals surface area contributed by atoms with Gasteiger partial charge in [0.1, 0.15) is 13.2 Å². The van der Waals surface area contributed by atoms with Gasteiger partial charge in [0.15, 0.2) is 5.66 Å². The van der Waals surface area contributed by atoms with E-state index >= 15 is 0 Å². The normalized spacial score (nSPS) is 12.2. The van der Waals surface area contributed by atoms with Crippen molar-refractivity contribution in [3.05, 3.63) is 25.3 Å². The van der Waals surface area contributed by atoms with Crippen molar-refractivity contribution < 1.29 is 42.8 Å². The molecule has 0 aromatic heterocycles. The summed E-state index contributed by atoms with van der Waals surface area (Å²) < 4.78 is 32.9. The Hall–Kier alpha value is -1.51. The van der Waals surface area contributed by atoms with E-state index in [1.54, 1.807) is 0 Å². The third-order valence-corrected chi connectivity index (χ3v) is 4.98. The van der Waals surface area contributed by atoms with E-state index in [1.807, 2.05) is 13.8 Å². The minimum atomic E-state index is -4.37. The number of ether oxygens (including phenoxy) is 2. The number of carbonyl (C=O) groups excluding carboxylic acids is 2. The summed E-state index contributed by atoms with van der Waals surface area (Å²) in [6, 6.07) is 0. The maximum Gasteiger partial charge on any atom is 0.398 e. The first kappa shape index (κ1) is 26.5. The number of hydrogen-bond donors (Lipinski definition) is 0. The van der Waals surface area contributed by atoms with Crippen LogP contribution in [0.4, 0.5) is 0 Å². The molecular formula is C18H31O9P. The van der Waals surface area contributed by atoms with Crippen LogP contribution in [0.5, 0.6) is 0 Å². The molecule has 28 heavy (non-hydrogen) atoms. The maximum atomic E-state index is 13.2. The van der Waals surface area contributed by atoms with Crippen molar-refractivity contribution in [3.8, 4) is 0 Å². The summed E-state index contributed by atoms with van der Waals surface area (Å²) in [4.78, 5) is 34.2.